The lowest BCUT2D eigenvalue weighted by Gasteiger charge is -2.22. The minimum Gasteiger partial charge on any atom is -0.431 e. The van der Waals surface area contributed by atoms with Crippen molar-refractivity contribution in [2.75, 3.05) is 0 Å². The molecule has 1 fully saturated rings. The molecule has 0 heterocycles. The molecule has 3 nitrogen and oxygen atoms in total. The van der Waals surface area contributed by atoms with E-state index in [-0.39, 0.29) is 6.10 Å². The largest absolute Gasteiger partial charge is 0.511 e. The van der Waals surface area contributed by atoms with Gasteiger partial charge in [-0.2, -0.15) is 0 Å². The predicted molar refractivity (Wildman–Crippen MR) is 54.6 cm³/mol. The zero-order valence-corrected chi connectivity index (χ0v) is 9.61. The summed E-state index contributed by atoms with van der Waals surface area (Å²) in [5.74, 6) is 0. The van der Waals surface area contributed by atoms with Crippen LogP contribution in [0.5, 0.6) is 0 Å². The van der Waals surface area contributed by atoms with Gasteiger partial charge in [-0.15, -0.1) is 0 Å². The average molecular weight is 241 g/mol. The highest BCUT2D eigenvalue weighted by atomic mass is 35.5. The number of carbonyl (C=O) groups excluding carboxylic acids is 1. The van der Waals surface area contributed by atoms with Gasteiger partial charge in [-0.3, -0.25) is 0 Å². The number of hydrogen-bond donors (Lipinski definition) is 0. The lowest BCUT2D eigenvalue weighted by molar-refractivity contribution is -0.0000998. The van der Waals surface area contributed by atoms with Gasteiger partial charge in [0.25, 0.3) is 4.52 Å². The van der Waals surface area contributed by atoms with Gasteiger partial charge >= 0.3 is 6.16 Å². The van der Waals surface area contributed by atoms with Crippen LogP contribution in [0.3, 0.4) is 0 Å². The molecule has 14 heavy (non-hydrogen) atoms. The number of carbonyl (C=O) groups is 1. The Morgan fingerprint density at radius 1 is 1.29 bits per heavy atom. The van der Waals surface area contributed by atoms with E-state index in [2.05, 4.69) is 4.74 Å². The van der Waals surface area contributed by atoms with Gasteiger partial charge in [0.05, 0.1) is 0 Å². The molecular formula is C9H14Cl2O3. The molecule has 1 aliphatic rings. The molecule has 0 radical (unpaired) electrons. The van der Waals surface area contributed by atoms with E-state index in [4.69, 9.17) is 27.9 Å². The molecule has 0 aromatic heterocycles. The maximum atomic E-state index is 11.1. The topological polar surface area (TPSA) is 35.5 Å². The van der Waals surface area contributed by atoms with E-state index in [1.54, 1.807) is 0 Å². The number of ether oxygens (including phenoxy) is 2. The van der Waals surface area contributed by atoms with Gasteiger partial charge in [0.15, 0.2) is 0 Å². The Morgan fingerprint density at radius 2 is 1.86 bits per heavy atom. The first-order valence-corrected chi connectivity index (χ1v) is 5.50. The monoisotopic (exact) mass is 240 g/mol. The maximum Gasteiger partial charge on any atom is 0.511 e. The van der Waals surface area contributed by atoms with Crippen LogP contribution in [0.1, 0.15) is 39.0 Å². The Kier molecular flexibility index (Phi) is 4.32. The van der Waals surface area contributed by atoms with Gasteiger partial charge in [0.1, 0.15) is 6.10 Å². The van der Waals surface area contributed by atoms with Crippen LogP contribution < -0.4 is 0 Å². The summed E-state index contributed by atoms with van der Waals surface area (Å²) in [6.07, 6.45) is 4.37. The first-order valence-electron chi connectivity index (χ1n) is 4.75. The van der Waals surface area contributed by atoms with Crippen LogP contribution in [0.15, 0.2) is 0 Å². The van der Waals surface area contributed by atoms with E-state index >= 15 is 0 Å². The Morgan fingerprint density at radius 3 is 2.36 bits per heavy atom. The smallest absolute Gasteiger partial charge is 0.431 e. The minimum absolute atomic E-state index is 0.0352. The Hall–Kier alpha value is -0.150. The van der Waals surface area contributed by atoms with Crippen LogP contribution in [-0.2, 0) is 9.47 Å². The Bertz CT molecular complexity index is 195. The number of alkyl halides is 2. The van der Waals surface area contributed by atoms with Crippen LogP contribution in [0.25, 0.3) is 0 Å². The highest BCUT2D eigenvalue weighted by Crippen LogP contribution is 2.24. The van der Waals surface area contributed by atoms with Crippen molar-refractivity contribution in [2.24, 2.45) is 0 Å². The molecule has 82 valence electrons. The second-order valence-corrected chi connectivity index (χ2v) is 5.17. The lowest BCUT2D eigenvalue weighted by atomic mass is 9.98. The van der Waals surface area contributed by atoms with E-state index in [1.165, 1.54) is 13.3 Å². The molecule has 0 spiro atoms. The fraction of sp³-hybridized carbons (Fsp3) is 0.889. The molecular weight excluding hydrogens is 227 g/mol. The van der Waals surface area contributed by atoms with Crippen molar-refractivity contribution >= 4 is 29.4 Å². The summed E-state index contributed by atoms with van der Waals surface area (Å²) in [6.45, 7) is 1.37. The molecule has 5 heteroatoms. The molecule has 0 unspecified atom stereocenters. The van der Waals surface area contributed by atoms with Gasteiger partial charge in [-0.1, -0.05) is 29.6 Å². The summed E-state index contributed by atoms with van der Waals surface area (Å²) in [5.41, 5.74) is 0. The van der Waals surface area contributed by atoms with Crippen molar-refractivity contribution in [3.63, 3.8) is 0 Å². The molecule has 0 amide bonds. The van der Waals surface area contributed by atoms with Gasteiger partial charge in [0, 0.05) is 6.92 Å². The molecule has 0 atom stereocenters. The van der Waals surface area contributed by atoms with Crippen molar-refractivity contribution < 1.29 is 14.3 Å². The third-order valence-electron chi connectivity index (χ3n) is 2.08. The molecule has 0 aromatic carbocycles. The van der Waals surface area contributed by atoms with E-state index in [0.717, 1.165) is 25.7 Å². The SMILES string of the molecule is CC(Cl)(Cl)OC(=O)OC1CCCCC1. The van der Waals surface area contributed by atoms with Crippen molar-refractivity contribution in [1.82, 2.24) is 0 Å². The van der Waals surface area contributed by atoms with Crippen molar-refractivity contribution in [2.45, 2.75) is 49.7 Å². The summed E-state index contributed by atoms with van der Waals surface area (Å²) in [7, 11) is 0. The van der Waals surface area contributed by atoms with Crippen LogP contribution in [0.2, 0.25) is 0 Å². The first-order chi connectivity index (χ1) is 6.47. The standard InChI is InChI=1S/C9H14Cl2O3/c1-9(10,11)14-8(12)13-7-5-3-2-4-6-7/h7H,2-6H2,1H3. The lowest BCUT2D eigenvalue weighted by Crippen LogP contribution is -2.25. The van der Waals surface area contributed by atoms with Gasteiger partial charge in [0.2, 0.25) is 0 Å². The molecule has 0 N–H and O–H groups in total. The third kappa shape index (κ3) is 4.91. The molecule has 0 saturated heterocycles. The van der Waals surface area contributed by atoms with E-state index in [1.807, 2.05) is 0 Å². The summed E-state index contributed by atoms with van der Waals surface area (Å²) in [4.78, 5) is 11.1. The zero-order chi connectivity index (χ0) is 10.6. The maximum absolute atomic E-state index is 11.1. The highest BCUT2D eigenvalue weighted by molar-refractivity contribution is 6.47. The van der Waals surface area contributed by atoms with Crippen LogP contribution >= 0.6 is 23.2 Å². The number of halogens is 2. The molecule has 1 aliphatic carbocycles. The molecule has 0 bridgehead atoms. The first kappa shape index (κ1) is 11.9. The quantitative estimate of drug-likeness (QED) is 0.547. The zero-order valence-electron chi connectivity index (χ0n) is 8.09. The average Bonchev–Trinajstić information content (AvgIpc) is 2.02. The number of rotatable bonds is 2. The van der Waals surface area contributed by atoms with Crippen molar-refractivity contribution in [1.29, 1.82) is 0 Å². The fourth-order valence-corrected chi connectivity index (χ4v) is 1.62. The van der Waals surface area contributed by atoms with Crippen molar-refractivity contribution in [3.05, 3.63) is 0 Å². The predicted octanol–water partition coefficient (Wildman–Crippen LogP) is 3.62. The van der Waals surface area contributed by atoms with Crippen molar-refractivity contribution in [3.8, 4) is 0 Å². The Labute approximate surface area is 93.6 Å². The molecule has 1 rings (SSSR count). The summed E-state index contributed by atoms with van der Waals surface area (Å²) < 4.78 is 8.14. The highest BCUT2D eigenvalue weighted by Gasteiger charge is 2.25. The second-order valence-electron chi connectivity index (χ2n) is 3.54. The van der Waals surface area contributed by atoms with E-state index < -0.39 is 10.7 Å². The Balaban J connectivity index is 2.25. The number of hydrogen-bond acceptors (Lipinski definition) is 3. The second kappa shape index (κ2) is 5.08. The van der Waals surface area contributed by atoms with Crippen LogP contribution in [0.4, 0.5) is 4.79 Å². The van der Waals surface area contributed by atoms with Gasteiger partial charge < -0.3 is 9.47 Å². The molecule has 0 aromatic rings. The van der Waals surface area contributed by atoms with E-state index in [0.29, 0.717) is 0 Å². The summed E-state index contributed by atoms with van der Waals surface area (Å²) in [5, 5.41) is 0. The normalized spacial score (nSPS) is 19.1. The fourth-order valence-electron chi connectivity index (χ4n) is 1.49. The van der Waals surface area contributed by atoms with E-state index in [9.17, 15) is 4.79 Å². The minimum atomic E-state index is -1.51. The molecule has 1 saturated carbocycles. The van der Waals surface area contributed by atoms with Gasteiger partial charge in [-0.05, 0) is 25.7 Å². The van der Waals surface area contributed by atoms with Crippen LogP contribution in [0, 0.1) is 0 Å². The summed E-state index contributed by atoms with van der Waals surface area (Å²) >= 11 is 11.0. The third-order valence-corrected chi connectivity index (χ3v) is 2.23. The van der Waals surface area contributed by atoms with Crippen LogP contribution in [-0.4, -0.2) is 16.8 Å². The van der Waals surface area contributed by atoms with Gasteiger partial charge in [-0.25, -0.2) is 4.79 Å². The molecule has 0 aliphatic heterocycles. The summed E-state index contributed by atoms with van der Waals surface area (Å²) in [6, 6.07) is 0.